The highest BCUT2D eigenvalue weighted by Gasteiger charge is 2.44. The molecule has 0 aliphatic rings. The SMILES string of the molecule is CCCCN(CCCC)CCOC(=O)C(OC)(c1ccccc1)c1ccccc1. The number of carbonyl (C=O) groups excluding carboxylic acids is 1. The number of methoxy groups -OCH3 is 1. The van der Waals surface area contributed by atoms with E-state index in [9.17, 15) is 4.79 Å². The van der Waals surface area contributed by atoms with Gasteiger partial charge in [-0.3, -0.25) is 4.90 Å². The minimum Gasteiger partial charge on any atom is -0.462 e. The normalized spacial score (nSPS) is 11.6. The minimum absolute atomic E-state index is 0.358. The van der Waals surface area contributed by atoms with Crippen LogP contribution < -0.4 is 0 Å². The summed E-state index contributed by atoms with van der Waals surface area (Å²) in [6.07, 6.45) is 4.65. The van der Waals surface area contributed by atoms with Crippen LogP contribution in [0.4, 0.5) is 0 Å². The lowest BCUT2D eigenvalue weighted by Gasteiger charge is -2.31. The zero-order valence-corrected chi connectivity index (χ0v) is 18.1. The van der Waals surface area contributed by atoms with Crippen LogP contribution in [0.3, 0.4) is 0 Å². The maximum absolute atomic E-state index is 13.3. The molecule has 0 N–H and O–H groups in total. The van der Waals surface area contributed by atoms with Crippen molar-refractivity contribution in [3.63, 3.8) is 0 Å². The van der Waals surface area contributed by atoms with E-state index in [2.05, 4.69) is 18.7 Å². The molecule has 0 amide bonds. The van der Waals surface area contributed by atoms with Gasteiger partial charge in [-0.15, -0.1) is 0 Å². The van der Waals surface area contributed by atoms with Gasteiger partial charge in [0.05, 0.1) is 0 Å². The predicted octanol–water partition coefficient (Wildman–Crippen LogP) is 5.02. The molecule has 0 aliphatic carbocycles. The van der Waals surface area contributed by atoms with Crippen molar-refractivity contribution in [2.45, 2.75) is 45.1 Å². The van der Waals surface area contributed by atoms with Gasteiger partial charge in [-0.1, -0.05) is 87.4 Å². The number of rotatable bonds is 13. The van der Waals surface area contributed by atoms with Crippen molar-refractivity contribution in [2.24, 2.45) is 0 Å². The molecule has 0 saturated heterocycles. The Balaban J connectivity index is 2.16. The van der Waals surface area contributed by atoms with Crippen LogP contribution in [0.2, 0.25) is 0 Å². The van der Waals surface area contributed by atoms with Crippen LogP contribution >= 0.6 is 0 Å². The van der Waals surface area contributed by atoms with Gasteiger partial charge in [0.15, 0.2) is 0 Å². The zero-order chi connectivity index (χ0) is 21.0. The first kappa shape index (κ1) is 23.1. The molecule has 0 fully saturated rings. The molecule has 0 aliphatic heterocycles. The van der Waals surface area contributed by atoms with Crippen molar-refractivity contribution in [1.29, 1.82) is 0 Å². The molecule has 0 atom stereocenters. The average Bonchev–Trinajstić information content (AvgIpc) is 2.77. The van der Waals surface area contributed by atoms with E-state index >= 15 is 0 Å². The van der Waals surface area contributed by atoms with Gasteiger partial charge in [-0.05, 0) is 37.1 Å². The Morgan fingerprint density at radius 1 is 0.828 bits per heavy atom. The number of hydrogen-bond donors (Lipinski definition) is 0. The van der Waals surface area contributed by atoms with Gasteiger partial charge in [0.1, 0.15) is 6.61 Å². The molecule has 2 rings (SSSR count). The number of hydrogen-bond acceptors (Lipinski definition) is 4. The molecule has 2 aromatic carbocycles. The molecule has 0 heterocycles. The van der Waals surface area contributed by atoms with E-state index in [1.165, 1.54) is 0 Å². The van der Waals surface area contributed by atoms with Gasteiger partial charge in [0.2, 0.25) is 5.60 Å². The smallest absolute Gasteiger partial charge is 0.347 e. The standard InChI is InChI=1S/C25H35NO3/c1-4-6-18-26(19-7-5-2)20-21-29-24(27)25(28-3,22-14-10-8-11-15-22)23-16-12-9-13-17-23/h8-17H,4-7,18-21H2,1-3H3. The predicted molar refractivity (Wildman–Crippen MR) is 118 cm³/mol. The Kier molecular flexibility index (Phi) is 9.89. The molecule has 2 aromatic rings. The fourth-order valence-electron chi connectivity index (χ4n) is 3.54. The van der Waals surface area contributed by atoms with E-state index in [0.717, 1.165) is 56.4 Å². The first-order valence-corrected chi connectivity index (χ1v) is 10.7. The lowest BCUT2D eigenvalue weighted by atomic mass is 9.86. The van der Waals surface area contributed by atoms with Crippen molar-refractivity contribution >= 4 is 5.97 Å². The fraction of sp³-hybridized carbons (Fsp3) is 0.480. The number of benzene rings is 2. The maximum Gasteiger partial charge on any atom is 0.347 e. The summed E-state index contributed by atoms with van der Waals surface area (Å²) in [5.74, 6) is -0.372. The van der Waals surface area contributed by atoms with Gasteiger partial charge in [-0.25, -0.2) is 4.79 Å². The summed E-state index contributed by atoms with van der Waals surface area (Å²) in [6, 6.07) is 19.2. The second-order valence-corrected chi connectivity index (χ2v) is 7.30. The highest BCUT2D eigenvalue weighted by molar-refractivity contribution is 5.85. The monoisotopic (exact) mass is 397 g/mol. The number of carbonyl (C=O) groups is 1. The Morgan fingerprint density at radius 2 is 1.31 bits per heavy atom. The summed E-state index contributed by atoms with van der Waals surface area (Å²) in [5.41, 5.74) is 0.278. The Bertz CT molecular complexity index is 655. The maximum atomic E-state index is 13.3. The van der Waals surface area contributed by atoms with E-state index in [0.29, 0.717) is 6.61 Å². The molecule has 29 heavy (non-hydrogen) atoms. The van der Waals surface area contributed by atoms with Crippen LogP contribution in [0.1, 0.15) is 50.7 Å². The van der Waals surface area contributed by atoms with Crippen molar-refractivity contribution in [3.8, 4) is 0 Å². The largest absolute Gasteiger partial charge is 0.462 e. The van der Waals surface area contributed by atoms with Crippen LogP contribution in [-0.4, -0.2) is 44.2 Å². The Morgan fingerprint density at radius 3 is 1.72 bits per heavy atom. The molecule has 0 radical (unpaired) electrons. The van der Waals surface area contributed by atoms with Crippen LogP contribution in [0.5, 0.6) is 0 Å². The quantitative estimate of drug-likeness (QED) is 0.445. The second kappa shape index (κ2) is 12.4. The molecule has 0 unspecified atom stereocenters. The zero-order valence-electron chi connectivity index (χ0n) is 18.1. The summed E-state index contributed by atoms with van der Waals surface area (Å²) >= 11 is 0. The van der Waals surface area contributed by atoms with E-state index < -0.39 is 5.60 Å². The topological polar surface area (TPSA) is 38.8 Å². The second-order valence-electron chi connectivity index (χ2n) is 7.30. The van der Waals surface area contributed by atoms with Gasteiger partial charge < -0.3 is 9.47 Å². The summed E-state index contributed by atoms with van der Waals surface area (Å²) < 4.78 is 11.7. The lowest BCUT2D eigenvalue weighted by Crippen LogP contribution is -2.42. The van der Waals surface area contributed by atoms with E-state index in [1.54, 1.807) is 7.11 Å². The number of nitrogens with zero attached hydrogens (tertiary/aromatic N) is 1. The van der Waals surface area contributed by atoms with Crippen molar-refractivity contribution in [3.05, 3.63) is 71.8 Å². The third kappa shape index (κ3) is 6.15. The van der Waals surface area contributed by atoms with Gasteiger partial charge >= 0.3 is 5.97 Å². The molecule has 4 heteroatoms. The van der Waals surface area contributed by atoms with Gasteiger partial charge in [0, 0.05) is 13.7 Å². The number of ether oxygens (including phenoxy) is 2. The van der Waals surface area contributed by atoms with Crippen molar-refractivity contribution < 1.29 is 14.3 Å². The number of esters is 1. The molecule has 0 bridgehead atoms. The fourth-order valence-corrected chi connectivity index (χ4v) is 3.54. The summed E-state index contributed by atoms with van der Waals surface area (Å²) in [5, 5.41) is 0. The number of unbranched alkanes of at least 4 members (excludes halogenated alkanes) is 2. The molecular weight excluding hydrogens is 362 g/mol. The Labute approximate surface area is 175 Å². The summed E-state index contributed by atoms with van der Waals surface area (Å²) in [7, 11) is 1.57. The first-order valence-electron chi connectivity index (χ1n) is 10.7. The Hall–Kier alpha value is -2.17. The van der Waals surface area contributed by atoms with Crippen molar-refractivity contribution in [1.82, 2.24) is 4.90 Å². The minimum atomic E-state index is -1.26. The molecular formula is C25H35NO3. The average molecular weight is 398 g/mol. The van der Waals surface area contributed by atoms with Gasteiger partial charge in [-0.2, -0.15) is 0 Å². The third-order valence-corrected chi connectivity index (χ3v) is 5.25. The summed E-state index contributed by atoms with van der Waals surface area (Å²) in [6.45, 7) is 7.59. The third-order valence-electron chi connectivity index (χ3n) is 5.25. The molecule has 0 saturated carbocycles. The molecule has 158 valence electrons. The highest BCUT2D eigenvalue weighted by atomic mass is 16.6. The molecule has 4 nitrogen and oxygen atoms in total. The van der Waals surface area contributed by atoms with Crippen LogP contribution in [-0.2, 0) is 19.9 Å². The van der Waals surface area contributed by atoms with E-state index in [-0.39, 0.29) is 5.97 Å². The lowest BCUT2D eigenvalue weighted by molar-refractivity contribution is -0.165. The van der Waals surface area contributed by atoms with E-state index in [4.69, 9.17) is 9.47 Å². The van der Waals surface area contributed by atoms with Gasteiger partial charge in [0.25, 0.3) is 0 Å². The van der Waals surface area contributed by atoms with Crippen LogP contribution in [0.15, 0.2) is 60.7 Å². The highest BCUT2D eigenvalue weighted by Crippen LogP contribution is 2.34. The first-order chi connectivity index (χ1) is 14.2. The molecule has 0 spiro atoms. The van der Waals surface area contributed by atoms with E-state index in [1.807, 2.05) is 60.7 Å². The van der Waals surface area contributed by atoms with Crippen molar-refractivity contribution in [2.75, 3.05) is 33.4 Å². The molecule has 0 aromatic heterocycles. The van der Waals surface area contributed by atoms with Crippen LogP contribution in [0.25, 0.3) is 0 Å². The summed E-state index contributed by atoms with van der Waals surface area (Å²) in [4.78, 5) is 15.7. The van der Waals surface area contributed by atoms with Crippen LogP contribution in [0, 0.1) is 0 Å².